The van der Waals surface area contributed by atoms with Crippen LogP contribution in [0.4, 0.5) is 4.39 Å². The van der Waals surface area contributed by atoms with Gasteiger partial charge in [0, 0.05) is 16.6 Å². The van der Waals surface area contributed by atoms with E-state index in [9.17, 15) is 4.39 Å². The van der Waals surface area contributed by atoms with Crippen LogP contribution in [0.2, 0.25) is 0 Å². The molecule has 0 fully saturated rings. The van der Waals surface area contributed by atoms with Crippen LogP contribution in [0.25, 0.3) is 0 Å². The summed E-state index contributed by atoms with van der Waals surface area (Å²) in [6.07, 6.45) is 0. The Balaban J connectivity index is 2.19. The average molecular weight is 310 g/mol. The Hall–Kier alpha value is -1.39. The molecule has 0 saturated heterocycles. The van der Waals surface area contributed by atoms with Crippen molar-refractivity contribution in [3.63, 3.8) is 0 Å². The molecule has 0 aromatic heterocycles. The third-order valence-electron chi connectivity index (χ3n) is 2.53. The minimum Gasteiger partial charge on any atom is -0.485 e. The fourth-order valence-electron chi connectivity index (χ4n) is 1.66. The van der Waals surface area contributed by atoms with Gasteiger partial charge in [-0.2, -0.15) is 0 Å². The molecule has 0 aliphatic heterocycles. The van der Waals surface area contributed by atoms with E-state index in [0.29, 0.717) is 16.6 Å². The van der Waals surface area contributed by atoms with Crippen molar-refractivity contribution in [2.75, 3.05) is 0 Å². The molecule has 2 nitrogen and oxygen atoms in total. The Bertz CT molecular complexity index is 531. The van der Waals surface area contributed by atoms with E-state index in [0.717, 1.165) is 5.56 Å². The van der Waals surface area contributed by atoms with Gasteiger partial charge >= 0.3 is 0 Å². The summed E-state index contributed by atoms with van der Waals surface area (Å²) in [5.41, 5.74) is 7.23. The third kappa shape index (κ3) is 3.09. The first-order valence-corrected chi connectivity index (χ1v) is 6.34. The maximum absolute atomic E-state index is 13.8. The first kappa shape index (κ1) is 13.1. The monoisotopic (exact) mass is 309 g/mol. The normalized spacial score (nSPS) is 10.4. The lowest BCUT2D eigenvalue weighted by atomic mass is 10.2. The number of nitrogens with two attached hydrogens (primary N) is 1. The summed E-state index contributed by atoms with van der Waals surface area (Å²) in [4.78, 5) is 0. The van der Waals surface area contributed by atoms with Crippen molar-refractivity contribution >= 4 is 15.9 Å². The zero-order valence-corrected chi connectivity index (χ0v) is 11.3. The molecule has 0 bridgehead atoms. The van der Waals surface area contributed by atoms with Crippen LogP contribution in [0.15, 0.2) is 46.9 Å². The molecule has 18 heavy (non-hydrogen) atoms. The van der Waals surface area contributed by atoms with Crippen LogP contribution in [-0.4, -0.2) is 0 Å². The summed E-state index contributed by atoms with van der Waals surface area (Å²) in [7, 11) is 0. The van der Waals surface area contributed by atoms with E-state index in [1.807, 2.05) is 30.3 Å². The molecule has 0 atom stereocenters. The van der Waals surface area contributed by atoms with Gasteiger partial charge in [-0.3, -0.25) is 0 Å². The Morgan fingerprint density at radius 2 is 1.89 bits per heavy atom. The molecule has 0 saturated carbocycles. The van der Waals surface area contributed by atoms with Crippen LogP contribution in [0.1, 0.15) is 11.1 Å². The fourth-order valence-corrected chi connectivity index (χ4v) is 2.13. The Morgan fingerprint density at radius 3 is 2.56 bits per heavy atom. The van der Waals surface area contributed by atoms with Crippen LogP contribution < -0.4 is 10.5 Å². The SMILES string of the molecule is NCc1cc(Br)cc(F)c1OCc1ccccc1. The molecule has 0 aliphatic rings. The highest BCUT2D eigenvalue weighted by Gasteiger charge is 2.11. The Morgan fingerprint density at radius 1 is 1.17 bits per heavy atom. The molecule has 2 aromatic rings. The topological polar surface area (TPSA) is 35.2 Å². The smallest absolute Gasteiger partial charge is 0.166 e. The van der Waals surface area contributed by atoms with Gasteiger partial charge in [-0.1, -0.05) is 46.3 Å². The average Bonchev–Trinajstić information content (AvgIpc) is 2.38. The van der Waals surface area contributed by atoms with E-state index in [2.05, 4.69) is 15.9 Å². The van der Waals surface area contributed by atoms with Crippen molar-refractivity contribution in [3.8, 4) is 5.75 Å². The summed E-state index contributed by atoms with van der Waals surface area (Å²) in [6.45, 7) is 0.562. The molecule has 2 N–H and O–H groups in total. The minimum absolute atomic E-state index is 0.226. The lowest BCUT2D eigenvalue weighted by molar-refractivity contribution is 0.287. The Kier molecular flexibility index (Phi) is 4.33. The van der Waals surface area contributed by atoms with Crippen LogP contribution in [0.5, 0.6) is 5.75 Å². The highest BCUT2D eigenvalue weighted by molar-refractivity contribution is 9.10. The summed E-state index contributed by atoms with van der Waals surface area (Å²) in [6, 6.07) is 12.8. The number of hydrogen-bond acceptors (Lipinski definition) is 2. The number of hydrogen-bond donors (Lipinski definition) is 1. The molecule has 2 rings (SSSR count). The maximum atomic E-state index is 13.8. The van der Waals surface area contributed by atoms with Gasteiger partial charge in [-0.15, -0.1) is 0 Å². The largest absolute Gasteiger partial charge is 0.485 e. The lowest BCUT2D eigenvalue weighted by Gasteiger charge is -2.12. The molecule has 0 heterocycles. The minimum atomic E-state index is -0.402. The van der Waals surface area contributed by atoms with Crippen LogP contribution in [-0.2, 0) is 13.2 Å². The lowest BCUT2D eigenvalue weighted by Crippen LogP contribution is -2.05. The fraction of sp³-hybridized carbons (Fsp3) is 0.143. The first-order valence-electron chi connectivity index (χ1n) is 5.55. The van der Waals surface area contributed by atoms with Gasteiger partial charge in [0.15, 0.2) is 11.6 Å². The van der Waals surface area contributed by atoms with Crippen molar-refractivity contribution < 1.29 is 9.13 Å². The van der Waals surface area contributed by atoms with E-state index in [1.165, 1.54) is 6.07 Å². The van der Waals surface area contributed by atoms with Gasteiger partial charge in [0.1, 0.15) is 6.61 Å². The second-order valence-electron chi connectivity index (χ2n) is 3.85. The molecule has 94 valence electrons. The van der Waals surface area contributed by atoms with E-state index >= 15 is 0 Å². The molecular formula is C14H13BrFNO. The molecular weight excluding hydrogens is 297 g/mol. The van der Waals surface area contributed by atoms with Crippen LogP contribution in [0, 0.1) is 5.82 Å². The predicted octanol–water partition coefficient (Wildman–Crippen LogP) is 3.63. The molecule has 2 aromatic carbocycles. The molecule has 0 radical (unpaired) electrons. The standard InChI is InChI=1S/C14H13BrFNO/c15-12-6-11(8-17)14(13(16)7-12)18-9-10-4-2-1-3-5-10/h1-7H,8-9,17H2. The summed E-state index contributed by atoms with van der Waals surface area (Å²) < 4.78 is 20.0. The van der Waals surface area contributed by atoms with Crippen molar-refractivity contribution in [2.24, 2.45) is 5.73 Å². The number of halogens is 2. The Labute approximate surface area is 114 Å². The summed E-state index contributed by atoms with van der Waals surface area (Å²) in [5, 5.41) is 0. The quantitative estimate of drug-likeness (QED) is 0.936. The zero-order valence-electron chi connectivity index (χ0n) is 9.70. The van der Waals surface area contributed by atoms with Crippen molar-refractivity contribution in [2.45, 2.75) is 13.2 Å². The van der Waals surface area contributed by atoms with Crippen molar-refractivity contribution in [3.05, 3.63) is 63.9 Å². The third-order valence-corrected chi connectivity index (χ3v) is 2.99. The maximum Gasteiger partial charge on any atom is 0.166 e. The number of benzene rings is 2. The second-order valence-corrected chi connectivity index (χ2v) is 4.77. The van der Waals surface area contributed by atoms with Crippen molar-refractivity contribution in [1.29, 1.82) is 0 Å². The molecule has 0 spiro atoms. The second kappa shape index (κ2) is 5.98. The van der Waals surface area contributed by atoms with E-state index in [4.69, 9.17) is 10.5 Å². The first-order chi connectivity index (χ1) is 8.70. The predicted molar refractivity (Wildman–Crippen MR) is 72.8 cm³/mol. The summed E-state index contributed by atoms with van der Waals surface area (Å²) in [5.74, 6) is -0.176. The summed E-state index contributed by atoms with van der Waals surface area (Å²) >= 11 is 3.23. The van der Waals surface area contributed by atoms with Gasteiger partial charge in [0.25, 0.3) is 0 Å². The van der Waals surface area contributed by atoms with E-state index < -0.39 is 5.82 Å². The van der Waals surface area contributed by atoms with Gasteiger partial charge in [0.05, 0.1) is 0 Å². The van der Waals surface area contributed by atoms with Gasteiger partial charge in [-0.05, 0) is 17.7 Å². The van der Waals surface area contributed by atoms with Crippen LogP contribution >= 0.6 is 15.9 Å². The molecule has 0 amide bonds. The van der Waals surface area contributed by atoms with Gasteiger partial charge < -0.3 is 10.5 Å². The van der Waals surface area contributed by atoms with Crippen molar-refractivity contribution in [1.82, 2.24) is 0 Å². The van der Waals surface area contributed by atoms with Gasteiger partial charge in [0.2, 0.25) is 0 Å². The highest BCUT2D eigenvalue weighted by Crippen LogP contribution is 2.27. The number of ether oxygens (including phenoxy) is 1. The van der Waals surface area contributed by atoms with Gasteiger partial charge in [-0.25, -0.2) is 4.39 Å². The van der Waals surface area contributed by atoms with Crippen LogP contribution in [0.3, 0.4) is 0 Å². The van der Waals surface area contributed by atoms with E-state index in [1.54, 1.807) is 6.07 Å². The highest BCUT2D eigenvalue weighted by atomic mass is 79.9. The van der Waals surface area contributed by atoms with E-state index in [-0.39, 0.29) is 12.3 Å². The molecule has 4 heteroatoms. The number of rotatable bonds is 4. The zero-order chi connectivity index (χ0) is 13.0. The molecule has 0 aliphatic carbocycles. The molecule has 0 unspecified atom stereocenters.